The van der Waals surface area contributed by atoms with Gasteiger partial charge in [0.1, 0.15) is 11.4 Å². The summed E-state index contributed by atoms with van der Waals surface area (Å²) in [5.41, 5.74) is 2.48. The SMILES string of the molecule is COCc1cc(-c2cn(C[C@@H](O)CO)nn2)ccc1OC. The zero-order chi connectivity index (χ0) is 15.2. The zero-order valence-electron chi connectivity index (χ0n) is 12.1. The van der Waals surface area contributed by atoms with Gasteiger partial charge in [0.25, 0.3) is 0 Å². The minimum atomic E-state index is -0.848. The van der Waals surface area contributed by atoms with Crippen LogP contribution in [0.1, 0.15) is 5.56 Å². The van der Waals surface area contributed by atoms with Gasteiger partial charge >= 0.3 is 0 Å². The molecule has 0 radical (unpaired) electrons. The topological polar surface area (TPSA) is 89.6 Å². The second-order valence-corrected chi connectivity index (χ2v) is 4.62. The van der Waals surface area contributed by atoms with Crippen LogP contribution in [0, 0.1) is 0 Å². The Kier molecular flexibility index (Phi) is 5.26. The lowest BCUT2D eigenvalue weighted by Gasteiger charge is -2.09. The first kappa shape index (κ1) is 15.4. The lowest BCUT2D eigenvalue weighted by Crippen LogP contribution is -2.20. The van der Waals surface area contributed by atoms with Crippen LogP contribution in [0.15, 0.2) is 24.4 Å². The van der Waals surface area contributed by atoms with Crippen molar-refractivity contribution in [2.45, 2.75) is 19.3 Å². The Balaban J connectivity index is 2.23. The molecule has 1 atom stereocenters. The first-order chi connectivity index (χ1) is 10.2. The van der Waals surface area contributed by atoms with Crippen LogP contribution in [0.5, 0.6) is 5.75 Å². The van der Waals surface area contributed by atoms with Gasteiger partial charge in [-0.3, -0.25) is 0 Å². The smallest absolute Gasteiger partial charge is 0.124 e. The Labute approximate surface area is 122 Å². The number of aliphatic hydroxyl groups is 2. The molecule has 2 aromatic rings. The average Bonchev–Trinajstić information content (AvgIpc) is 2.96. The van der Waals surface area contributed by atoms with Crippen LogP contribution in [0.4, 0.5) is 0 Å². The van der Waals surface area contributed by atoms with Crippen LogP contribution in [0.3, 0.4) is 0 Å². The Morgan fingerprint density at radius 3 is 2.81 bits per heavy atom. The van der Waals surface area contributed by atoms with Crippen molar-refractivity contribution in [2.24, 2.45) is 0 Å². The Morgan fingerprint density at radius 1 is 1.33 bits per heavy atom. The van der Waals surface area contributed by atoms with E-state index < -0.39 is 6.10 Å². The van der Waals surface area contributed by atoms with Crippen LogP contribution in [-0.4, -0.2) is 52.1 Å². The summed E-state index contributed by atoms with van der Waals surface area (Å²) in [6.45, 7) is 0.328. The number of ether oxygens (including phenoxy) is 2. The monoisotopic (exact) mass is 293 g/mol. The minimum absolute atomic E-state index is 0.199. The predicted molar refractivity (Wildman–Crippen MR) is 75.8 cm³/mol. The lowest BCUT2D eigenvalue weighted by molar-refractivity contribution is 0.0778. The van der Waals surface area contributed by atoms with Gasteiger partial charge in [0.15, 0.2) is 0 Å². The fourth-order valence-corrected chi connectivity index (χ4v) is 2.00. The Morgan fingerprint density at radius 2 is 2.14 bits per heavy atom. The predicted octanol–water partition coefficient (Wildman–Crippen LogP) is 0.453. The standard InChI is InChI=1S/C14H19N3O4/c1-20-9-11-5-10(3-4-14(11)21-2)13-7-17(16-15-13)6-12(19)8-18/h3-5,7,12,18-19H,6,8-9H2,1-2H3/t12-/m1/s1. The highest BCUT2D eigenvalue weighted by Crippen LogP contribution is 2.25. The number of rotatable bonds is 7. The van der Waals surface area contributed by atoms with Gasteiger partial charge in [-0.25, -0.2) is 4.68 Å². The molecule has 0 aliphatic rings. The third-order valence-electron chi connectivity index (χ3n) is 3.02. The number of nitrogens with zero attached hydrogens (tertiary/aromatic N) is 3. The molecule has 1 heterocycles. The van der Waals surface area contributed by atoms with Crippen LogP contribution >= 0.6 is 0 Å². The third kappa shape index (κ3) is 3.78. The van der Waals surface area contributed by atoms with E-state index in [1.807, 2.05) is 18.2 Å². The molecule has 7 heteroatoms. The van der Waals surface area contributed by atoms with E-state index in [0.717, 1.165) is 16.9 Å². The average molecular weight is 293 g/mol. The van der Waals surface area contributed by atoms with E-state index >= 15 is 0 Å². The molecule has 0 saturated carbocycles. The van der Waals surface area contributed by atoms with Crippen molar-refractivity contribution >= 4 is 0 Å². The Bertz CT molecular complexity index is 585. The number of benzene rings is 1. The summed E-state index contributed by atoms with van der Waals surface area (Å²) in [5, 5.41) is 26.2. The molecule has 0 fully saturated rings. The molecule has 0 spiro atoms. The molecule has 7 nitrogen and oxygen atoms in total. The van der Waals surface area contributed by atoms with Gasteiger partial charge in [0.05, 0.1) is 39.2 Å². The van der Waals surface area contributed by atoms with Gasteiger partial charge in [0, 0.05) is 18.2 Å². The van der Waals surface area contributed by atoms with E-state index in [2.05, 4.69) is 10.3 Å². The maximum Gasteiger partial charge on any atom is 0.124 e. The van der Waals surface area contributed by atoms with Gasteiger partial charge in [0.2, 0.25) is 0 Å². The third-order valence-corrected chi connectivity index (χ3v) is 3.02. The molecule has 1 aromatic carbocycles. The minimum Gasteiger partial charge on any atom is -0.496 e. The van der Waals surface area contributed by atoms with Crippen LogP contribution in [0.2, 0.25) is 0 Å². The number of aliphatic hydroxyl groups excluding tert-OH is 2. The van der Waals surface area contributed by atoms with E-state index in [-0.39, 0.29) is 13.2 Å². The highest BCUT2D eigenvalue weighted by Gasteiger charge is 2.10. The van der Waals surface area contributed by atoms with E-state index in [9.17, 15) is 5.11 Å². The summed E-state index contributed by atoms with van der Waals surface area (Å²) < 4.78 is 11.9. The number of hydrogen-bond donors (Lipinski definition) is 2. The molecule has 0 bridgehead atoms. The molecule has 0 amide bonds. The van der Waals surface area contributed by atoms with Crippen molar-refractivity contribution < 1.29 is 19.7 Å². The molecule has 0 saturated heterocycles. The van der Waals surface area contributed by atoms with Gasteiger partial charge in [-0.05, 0) is 18.2 Å². The van der Waals surface area contributed by atoms with Gasteiger partial charge in [-0.2, -0.15) is 0 Å². The van der Waals surface area contributed by atoms with Crippen LogP contribution < -0.4 is 4.74 Å². The van der Waals surface area contributed by atoms with Gasteiger partial charge in [-0.1, -0.05) is 5.21 Å². The Hall–Kier alpha value is -1.96. The van der Waals surface area contributed by atoms with Crippen molar-refractivity contribution in [3.63, 3.8) is 0 Å². The van der Waals surface area contributed by atoms with Crippen molar-refractivity contribution in [1.29, 1.82) is 0 Å². The highest BCUT2D eigenvalue weighted by atomic mass is 16.5. The quantitative estimate of drug-likeness (QED) is 0.770. The second-order valence-electron chi connectivity index (χ2n) is 4.62. The summed E-state index contributed by atoms with van der Waals surface area (Å²) in [4.78, 5) is 0. The maximum absolute atomic E-state index is 9.40. The molecule has 0 aliphatic carbocycles. The van der Waals surface area contributed by atoms with Crippen molar-refractivity contribution in [1.82, 2.24) is 15.0 Å². The van der Waals surface area contributed by atoms with Crippen LogP contribution in [-0.2, 0) is 17.9 Å². The van der Waals surface area contributed by atoms with E-state index in [1.54, 1.807) is 20.4 Å². The van der Waals surface area contributed by atoms with Crippen molar-refractivity contribution in [3.8, 4) is 17.0 Å². The first-order valence-electron chi connectivity index (χ1n) is 6.53. The maximum atomic E-state index is 9.40. The molecule has 0 unspecified atom stereocenters. The van der Waals surface area contributed by atoms with E-state index in [1.165, 1.54) is 4.68 Å². The molecule has 21 heavy (non-hydrogen) atoms. The molecule has 0 aliphatic heterocycles. The zero-order valence-corrected chi connectivity index (χ0v) is 12.1. The van der Waals surface area contributed by atoms with E-state index in [0.29, 0.717) is 12.3 Å². The van der Waals surface area contributed by atoms with Gasteiger partial charge in [-0.15, -0.1) is 5.10 Å². The van der Waals surface area contributed by atoms with Crippen molar-refractivity contribution in [3.05, 3.63) is 30.0 Å². The summed E-state index contributed by atoms with van der Waals surface area (Å²) in [6, 6.07) is 5.67. The van der Waals surface area contributed by atoms with Gasteiger partial charge < -0.3 is 19.7 Å². The number of methoxy groups -OCH3 is 2. The highest BCUT2D eigenvalue weighted by molar-refractivity contribution is 5.61. The fraction of sp³-hybridized carbons (Fsp3) is 0.429. The number of hydrogen-bond acceptors (Lipinski definition) is 6. The molecule has 2 N–H and O–H groups in total. The first-order valence-corrected chi connectivity index (χ1v) is 6.53. The summed E-state index contributed by atoms with van der Waals surface area (Å²) in [6.07, 6.45) is 0.872. The molecule has 114 valence electrons. The summed E-state index contributed by atoms with van der Waals surface area (Å²) >= 11 is 0. The lowest BCUT2D eigenvalue weighted by atomic mass is 10.1. The number of aromatic nitrogens is 3. The van der Waals surface area contributed by atoms with Crippen molar-refractivity contribution in [2.75, 3.05) is 20.8 Å². The second kappa shape index (κ2) is 7.16. The fourth-order valence-electron chi connectivity index (χ4n) is 2.00. The molecule has 1 aromatic heterocycles. The summed E-state index contributed by atoms with van der Waals surface area (Å²) in [7, 11) is 3.24. The largest absolute Gasteiger partial charge is 0.496 e. The normalized spacial score (nSPS) is 12.4. The molecule has 2 rings (SSSR count). The molecular formula is C14H19N3O4. The van der Waals surface area contributed by atoms with Crippen LogP contribution in [0.25, 0.3) is 11.3 Å². The summed E-state index contributed by atoms with van der Waals surface area (Å²) in [5.74, 6) is 0.753. The molecular weight excluding hydrogens is 274 g/mol. The van der Waals surface area contributed by atoms with E-state index in [4.69, 9.17) is 14.6 Å².